The largest absolute Gasteiger partial charge is 0.523 e. The maximum absolute atomic E-state index is 12.4. The molecule has 1 aliphatic heterocycles. The van der Waals surface area contributed by atoms with Crippen molar-refractivity contribution in [2.75, 3.05) is 0 Å². The van der Waals surface area contributed by atoms with Crippen LogP contribution in [0.4, 0.5) is 13.2 Å². The van der Waals surface area contributed by atoms with Crippen molar-refractivity contribution in [3.63, 3.8) is 0 Å². The Balaban J connectivity index is 1.97. The molecule has 1 aliphatic rings. The average molecular weight is 382 g/mol. The third kappa shape index (κ3) is 4.71. The van der Waals surface area contributed by atoms with Gasteiger partial charge >= 0.3 is 21.6 Å². The molecular weight excluding hydrogens is 365 g/mol. The third-order valence-corrected chi connectivity index (χ3v) is 4.80. The molecule has 1 aromatic carbocycles. The summed E-state index contributed by atoms with van der Waals surface area (Å²) >= 11 is 0. The smallest absolute Gasteiger partial charge is 0.456 e. The number of ether oxygens (including phenoxy) is 2. The van der Waals surface area contributed by atoms with E-state index in [-0.39, 0.29) is 6.42 Å². The van der Waals surface area contributed by atoms with Crippen molar-refractivity contribution in [1.29, 1.82) is 0 Å². The van der Waals surface area contributed by atoms with Crippen LogP contribution in [0.2, 0.25) is 0 Å². The Kier molecular flexibility index (Phi) is 5.75. The Morgan fingerprint density at radius 2 is 1.88 bits per heavy atom. The second-order valence-corrected chi connectivity index (χ2v) is 7.19. The molecule has 6 nitrogen and oxygen atoms in total. The van der Waals surface area contributed by atoms with Crippen molar-refractivity contribution in [1.82, 2.24) is 0 Å². The molecule has 0 saturated carbocycles. The minimum Gasteiger partial charge on any atom is -0.456 e. The monoisotopic (exact) mass is 382 g/mol. The lowest BCUT2D eigenvalue weighted by molar-refractivity contribution is -0.0621. The second-order valence-electron chi connectivity index (χ2n) is 5.63. The van der Waals surface area contributed by atoms with Crippen molar-refractivity contribution in [2.24, 2.45) is 0 Å². The van der Waals surface area contributed by atoms with Gasteiger partial charge < -0.3 is 9.47 Å². The standard InChI is InChI=1S/C15H17F3O6S/c1-9(23-14(19)11-6-4-3-5-7-11)12-8-13(10(2)22-12)24-25(20,21)15(16,17)18/h3-7,9-10,12-13H,8H2,1-2H3/t9?,10?,12-,13-/m0/s1. The van der Waals surface area contributed by atoms with Gasteiger partial charge in [0.15, 0.2) is 0 Å². The molecule has 10 heteroatoms. The van der Waals surface area contributed by atoms with Crippen LogP contribution < -0.4 is 0 Å². The number of carbonyl (C=O) groups excluding carboxylic acids is 1. The molecule has 0 amide bonds. The van der Waals surface area contributed by atoms with Gasteiger partial charge in [-0.3, -0.25) is 4.18 Å². The van der Waals surface area contributed by atoms with Crippen LogP contribution in [-0.4, -0.2) is 44.3 Å². The van der Waals surface area contributed by atoms with Gasteiger partial charge in [-0.2, -0.15) is 21.6 Å². The Morgan fingerprint density at radius 3 is 2.44 bits per heavy atom. The van der Waals surface area contributed by atoms with Gasteiger partial charge in [0.2, 0.25) is 0 Å². The first kappa shape index (κ1) is 19.7. The van der Waals surface area contributed by atoms with Gasteiger partial charge in [0.25, 0.3) is 0 Å². The van der Waals surface area contributed by atoms with Crippen molar-refractivity contribution >= 4 is 16.1 Å². The zero-order chi connectivity index (χ0) is 18.8. The molecule has 1 saturated heterocycles. The molecular formula is C15H17F3O6S. The summed E-state index contributed by atoms with van der Waals surface area (Å²) < 4.78 is 74.3. The minimum atomic E-state index is -5.72. The predicted octanol–water partition coefficient (Wildman–Crippen LogP) is 2.64. The molecule has 4 atom stereocenters. The van der Waals surface area contributed by atoms with E-state index >= 15 is 0 Å². The Hall–Kier alpha value is -1.65. The molecule has 0 spiro atoms. The van der Waals surface area contributed by atoms with E-state index in [4.69, 9.17) is 9.47 Å². The fourth-order valence-electron chi connectivity index (χ4n) is 2.36. The summed E-state index contributed by atoms with van der Waals surface area (Å²) in [4.78, 5) is 12.0. The molecule has 1 fully saturated rings. The van der Waals surface area contributed by atoms with Crippen LogP contribution in [0, 0.1) is 0 Å². The van der Waals surface area contributed by atoms with E-state index in [1.165, 1.54) is 13.8 Å². The number of benzene rings is 1. The number of halogens is 3. The molecule has 2 rings (SSSR count). The molecule has 140 valence electrons. The van der Waals surface area contributed by atoms with Crippen LogP contribution in [0.1, 0.15) is 30.6 Å². The summed E-state index contributed by atoms with van der Waals surface area (Å²) in [6.07, 6.45) is -3.94. The fourth-order valence-corrected chi connectivity index (χ4v) is 3.03. The first-order chi connectivity index (χ1) is 11.5. The minimum absolute atomic E-state index is 0.153. The first-order valence-electron chi connectivity index (χ1n) is 7.42. The third-order valence-electron chi connectivity index (χ3n) is 3.74. The highest BCUT2D eigenvalue weighted by Crippen LogP contribution is 2.32. The predicted molar refractivity (Wildman–Crippen MR) is 80.1 cm³/mol. The number of hydrogen-bond acceptors (Lipinski definition) is 6. The van der Waals surface area contributed by atoms with E-state index in [9.17, 15) is 26.4 Å². The lowest BCUT2D eigenvalue weighted by Gasteiger charge is -2.19. The maximum Gasteiger partial charge on any atom is 0.523 e. The van der Waals surface area contributed by atoms with E-state index in [0.717, 1.165) is 0 Å². The Labute approximate surface area is 143 Å². The van der Waals surface area contributed by atoms with Crippen LogP contribution in [0.5, 0.6) is 0 Å². The lowest BCUT2D eigenvalue weighted by Crippen LogP contribution is -2.33. The van der Waals surface area contributed by atoms with Crippen molar-refractivity contribution in [2.45, 2.75) is 50.2 Å². The summed E-state index contributed by atoms with van der Waals surface area (Å²) in [6.45, 7) is 2.90. The van der Waals surface area contributed by atoms with Crippen LogP contribution in [0.25, 0.3) is 0 Å². The van der Waals surface area contributed by atoms with E-state index in [0.29, 0.717) is 5.56 Å². The quantitative estimate of drug-likeness (QED) is 0.443. The van der Waals surface area contributed by atoms with Crippen molar-refractivity contribution < 1.29 is 40.0 Å². The lowest BCUT2D eigenvalue weighted by atomic mass is 10.1. The normalized spacial score (nSPS) is 25.6. The van der Waals surface area contributed by atoms with E-state index < -0.39 is 46.0 Å². The summed E-state index contributed by atoms with van der Waals surface area (Å²) in [5, 5.41) is 0. The topological polar surface area (TPSA) is 78.9 Å². The molecule has 0 bridgehead atoms. The van der Waals surface area contributed by atoms with Gasteiger partial charge in [0, 0.05) is 6.42 Å². The average Bonchev–Trinajstić information content (AvgIpc) is 2.87. The van der Waals surface area contributed by atoms with E-state index in [1.807, 2.05) is 0 Å². The number of rotatable bonds is 5. The number of esters is 1. The molecule has 0 N–H and O–H groups in total. The van der Waals surface area contributed by atoms with Gasteiger partial charge in [0.1, 0.15) is 12.2 Å². The second kappa shape index (κ2) is 7.30. The maximum atomic E-state index is 12.4. The molecule has 25 heavy (non-hydrogen) atoms. The molecule has 1 heterocycles. The SMILES string of the molecule is CC(OC(=O)c1ccccc1)[C@@H]1C[C@H](OS(=O)(=O)C(F)(F)F)C(C)O1. The molecule has 1 aromatic rings. The summed E-state index contributed by atoms with van der Waals surface area (Å²) in [5.74, 6) is -0.614. The molecule has 0 radical (unpaired) electrons. The highest BCUT2D eigenvalue weighted by Gasteiger charge is 2.51. The zero-order valence-electron chi connectivity index (χ0n) is 13.4. The summed E-state index contributed by atoms with van der Waals surface area (Å²) in [5.41, 5.74) is -5.19. The highest BCUT2D eigenvalue weighted by molar-refractivity contribution is 7.87. The Bertz CT molecular complexity index is 704. The van der Waals surface area contributed by atoms with Crippen LogP contribution in [-0.2, 0) is 23.8 Å². The Morgan fingerprint density at radius 1 is 1.28 bits per heavy atom. The van der Waals surface area contributed by atoms with Gasteiger partial charge in [0.05, 0.1) is 17.8 Å². The van der Waals surface area contributed by atoms with E-state index in [2.05, 4.69) is 4.18 Å². The van der Waals surface area contributed by atoms with Gasteiger partial charge in [-0.1, -0.05) is 18.2 Å². The van der Waals surface area contributed by atoms with Crippen LogP contribution >= 0.6 is 0 Å². The van der Waals surface area contributed by atoms with Gasteiger partial charge in [-0.05, 0) is 26.0 Å². The zero-order valence-corrected chi connectivity index (χ0v) is 14.2. The molecule has 0 aromatic heterocycles. The summed E-state index contributed by atoms with van der Waals surface area (Å²) in [6, 6.07) is 8.14. The van der Waals surface area contributed by atoms with Gasteiger partial charge in [-0.25, -0.2) is 4.79 Å². The van der Waals surface area contributed by atoms with Crippen LogP contribution in [0.15, 0.2) is 30.3 Å². The van der Waals surface area contributed by atoms with Crippen molar-refractivity contribution in [3.8, 4) is 0 Å². The molecule has 0 aliphatic carbocycles. The highest BCUT2D eigenvalue weighted by atomic mass is 32.2. The van der Waals surface area contributed by atoms with E-state index in [1.54, 1.807) is 30.3 Å². The number of hydrogen-bond donors (Lipinski definition) is 0. The van der Waals surface area contributed by atoms with Gasteiger partial charge in [-0.15, -0.1) is 0 Å². The fraction of sp³-hybridized carbons (Fsp3) is 0.533. The van der Waals surface area contributed by atoms with Crippen LogP contribution in [0.3, 0.4) is 0 Å². The number of carbonyl (C=O) groups is 1. The number of alkyl halides is 3. The summed E-state index contributed by atoms with van der Waals surface area (Å²) in [7, 11) is -5.72. The molecule has 2 unspecified atom stereocenters. The van der Waals surface area contributed by atoms with Crippen molar-refractivity contribution in [3.05, 3.63) is 35.9 Å². The first-order valence-corrected chi connectivity index (χ1v) is 8.83.